The largest absolute Gasteiger partial charge is 0.393 e. The van der Waals surface area contributed by atoms with Gasteiger partial charge in [-0.25, -0.2) is 0 Å². The third kappa shape index (κ3) is 2.49. The average Bonchev–Trinajstić information content (AvgIpc) is 2.57. The van der Waals surface area contributed by atoms with Crippen LogP contribution >= 0.6 is 0 Å². The molecular formula is C11H20N2O2. The van der Waals surface area contributed by atoms with Gasteiger partial charge < -0.3 is 15.7 Å². The predicted molar refractivity (Wildman–Crippen MR) is 57.3 cm³/mol. The van der Waals surface area contributed by atoms with Gasteiger partial charge in [0, 0.05) is 13.1 Å². The lowest BCUT2D eigenvalue weighted by Gasteiger charge is -2.31. The average molecular weight is 212 g/mol. The molecular weight excluding hydrogens is 192 g/mol. The first-order valence-corrected chi connectivity index (χ1v) is 5.83. The molecule has 3 N–H and O–H groups in total. The fourth-order valence-corrected chi connectivity index (χ4v) is 2.40. The van der Waals surface area contributed by atoms with Crippen LogP contribution in [0.1, 0.15) is 19.8 Å². The maximum absolute atomic E-state index is 11.8. The molecule has 1 saturated carbocycles. The molecule has 0 aromatic carbocycles. The van der Waals surface area contributed by atoms with Crippen LogP contribution in [-0.2, 0) is 4.79 Å². The molecule has 0 aromatic rings. The minimum absolute atomic E-state index is 0.126. The molecule has 15 heavy (non-hydrogen) atoms. The topological polar surface area (TPSA) is 61.4 Å². The minimum atomic E-state index is -0.126. The van der Waals surface area contributed by atoms with E-state index in [2.05, 4.69) is 17.6 Å². The number of aliphatic hydroxyl groups excluding tert-OH is 1. The van der Waals surface area contributed by atoms with Crippen LogP contribution in [0.5, 0.6) is 0 Å². The minimum Gasteiger partial charge on any atom is -0.393 e. The number of carbonyl (C=O) groups is 1. The number of carbonyl (C=O) groups excluding carboxylic acids is 1. The van der Waals surface area contributed by atoms with Gasteiger partial charge in [-0.2, -0.15) is 0 Å². The van der Waals surface area contributed by atoms with Gasteiger partial charge in [-0.05, 0) is 31.2 Å². The zero-order valence-corrected chi connectivity index (χ0v) is 9.20. The van der Waals surface area contributed by atoms with Gasteiger partial charge in [0.15, 0.2) is 0 Å². The molecule has 0 bridgehead atoms. The molecule has 2 aliphatic rings. The predicted octanol–water partition coefficient (Wildman–Crippen LogP) is -0.271. The van der Waals surface area contributed by atoms with Gasteiger partial charge in [0.25, 0.3) is 0 Å². The first-order valence-electron chi connectivity index (χ1n) is 5.83. The van der Waals surface area contributed by atoms with Crippen LogP contribution in [0.15, 0.2) is 0 Å². The van der Waals surface area contributed by atoms with Crippen molar-refractivity contribution < 1.29 is 9.90 Å². The summed E-state index contributed by atoms with van der Waals surface area (Å²) in [4.78, 5) is 11.8. The van der Waals surface area contributed by atoms with E-state index in [0.717, 1.165) is 32.5 Å². The maximum Gasteiger partial charge on any atom is 0.224 e. The number of aliphatic hydroxyl groups is 1. The number of nitrogens with one attached hydrogen (secondary N) is 2. The van der Waals surface area contributed by atoms with Gasteiger partial charge in [0.1, 0.15) is 0 Å². The second-order valence-electron chi connectivity index (χ2n) is 4.98. The molecule has 2 unspecified atom stereocenters. The molecule has 2 atom stereocenters. The Balaban J connectivity index is 1.68. The lowest BCUT2D eigenvalue weighted by atomic mass is 9.82. The zero-order valence-electron chi connectivity index (χ0n) is 9.20. The van der Waals surface area contributed by atoms with Crippen LogP contribution in [0.4, 0.5) is 0 Å². The molecule has 1 aliphatic carbocycles. The van der Waals surface area contributed by atoms with E-state index in [1.807, 2.05) is 0 Å². The van der Waals surface area contributed by atoms with Crippen molar-refractivity contribution >= 4 is 5.91 Å². The number of amides is 1. The number of hydrogen-bond acceptors (Lipinski definition) is 3. The first-order chi connectivity index (χ1) is 7.16. The highest BCUT2D eigenvalue weighted by molar-refractivity contribution is 5.79. The van der Waals surface area contributed by atoms with Crippen molar-refractivity contribution in [1.29, 1.82) is 0 Å². The van der Waals surface area contributed by atoms with Crippen LogP contribution in [0.3, 0.4) is 0 Å². The van der Waals surface area contributed by atoms with E-state index < -0.39 is 0 Å². The Morgan fingerprint density at radius 1 is 1.47 bits per heavy atom. The van der Waals surface area contributed by atoms with Gasteiger partial charge in [-0.3, -0.25) is 4.79 Å². The van der Waals surface area contributed by atoms with Crippen molar-refractivity contribution in [2.75, 3.05) is 19.6 Å². The first kappa shape index (κ1) is 10.9. The fraction of sp³-hybridized carbons (Fsp3) is 0.909. The summed E-state index contributed by atoms with van der Waals surface area (Å²) in [6.45, 7) is 4.59. The van der Waals surface area contributed by atoms with E-state index in [1.165, 1.54) is 0 Å². The molecule has 1 aliphatic heterocycles. The molecule has 86 valence electrons. The Morgan fingerprint density at radius 3 is 2.73 bits per heavy atom. The van der Waals surface area contributed by atoms with E-state index in [0.29, 0.717) is 11.8 Å². The Morgan fingerprint density at radius 2 is 2.20 bits per heavy atom. The number of rotatable bonds is 3. The van der Waals surface area contributed by atoms with Crippen molar-refractivity contribution in [2.45, 2.75) is 25.9 Å². The normalized spacial score (nSPS) is 39.9. The van der Waals surface area contributed by atoms with Crippen LogP contribution in [0.25, 0.3) is 0 Å². The summed E-state index contributed by atoms with van der Waals surface area (Å²) in [6, 6.07) is 0. The molecule has 0 spiro atoms. The lowest BCUT2D eigenvalue weighted by Crippen LogP contribution is -2.41. The van der Waals surface area contributed by atoms with Crippen molar-refractivity contribution in [2.24, 2.45) is 17.8 Å². The van der Waals surface area contributed by atoms with Crippen LogP contribution in [0.2, 0.25) is 0 Å². The number of hydrogen-bond donors (Lipinski definition) is 3. The molecule has 2 fully saturated rings. The summed E-state index contributed by atoms with van der Waals surface area (Å²) >= 11 is 0. The molecule has 2 rings (SSSR count). The van der Waals surface area contributed by atoms with Crippen LogP contribution < -0.4 is 10.6 Å². The van der Waals surface area contributed by atoms with Gasteiger partial charge in [0.05, 0.1) is 12.0 Å². The van der Waals surface area contributed by atoms with Gasteiger partial charge >= 0.3 is 0 Å². The van der Waals surface area contributed by atoms with E-state index in [9.17, 15) is 4.79 Å². The summed E-state index contributed by atoms with van der Waals surface area (Å²) in [6.07, 6.45) is 1.57. The summed E-state index contributed by atoms with van der Waals surface area (Å²) in [5.41, 5.74) is 0. The standard InChI is InChI=1S/C11H20N2O2/c1-7-4-12-6-10(7)11(15)13-5-8-2-9(14)3-8/h7-10,12,14H,2-6H2,1H3,(H,13,15). The molecule has 4 nitrogen and oxygen atoms in total. The third-order valence-electron chi connectivity index (χ3n) is 3.63. The highest BCUT2D eigenvalue weighted by Crippen LogP contribution is 2.26. The molecule has 1 heterocycles. The van der Waals surface area contributed by atoms with E-state index in [1.54, 1.807) is 0 Å². The van der Waals surface area contributed by atoms with Crippen LogP contribution in [0, 0.1) is 17.8 Å². The lowest BCUT2D eigenvalue weighted by molar-refractivity contribution is -0.126. The summed E-state index contributed by atoms with van der Waals surface area (Å²) < 4.78 is 0. The monoisotopic (exact) mass is 212 g/mol. The smallest absolute Gasteiger partial charge is 0.224 e. The zero-order chi connectivity index (χ0) is 10.8. The van der Waals surface area contributed by atoms with Crippen molar-refractivity contribution in [3.05, 3.63) is 0 Å². The Bertz CT molecular complexity index is 239. The Kier molecular flexibility index (Phi) is 3.26. The molecule has 1 saturated heterocycles. The fourth-order valence-electron chi connectivity index (χ4n) is 2.40. The molecule has 4 heteroatoms. The summed E-state index contributed by atoms with van der Waals surface area (Å²) in [5, 5.41) is 15.3. The second-order valence-corrected chi connectivity index (χ2v) is 4.98. The quantitative estimate of drug-likeness (QED) is 0.603. The van der Waals surface area contributed by atoms with Crippen molar-refractivity contribution in [1.82, 2.24) is 10.6 Å². The molecule has 0 aromatic heterocycles. The van der Waals surface area contributed by atoms with Gasteiger partial charge in [-0.1, -0.05) is 6.92 Å². The molecule has 0 radical (unpaired) electrons. The van der Waals surface area contributed by atoms with Gasteiger partial charge in [0.2, 0.25) is 5.91 Å². The summed E-state index contributed by atoms with van der Waals surface area (Å²) in [5.74, 6) is 1.24. The van der Waals surface area contributed by atoms with Crippen LogP contribution in [-0.4, -0.2) is 36.8 Å². The third-order valence-corrected chi connectivity index (χ3v) is 3.63. The second kappa shape index (κ2) is 4.49. The van der Waals surface area contributed by atoms with E-state index in [-0.39, 0.29) is 17.9 Å². The highest BCUT2D eigenvalue weighted by atomic mass is 16.3. The molecule has 1 amide bonds. The summed E-state index contributed by atoms with van der Waals surface area (Å²) in [7, 11) is 0. The Hall–Kier alpha value is -0.610. The highest BCUT2D eigenvalue weighted by Gasteiger charge is 2.31. The maximum atomic E-state index is 11.8. The SMILES string of the molecule is CC1CNCC1C(=O)NCC1CC(O)C1. The van der Waals surface area contributed by atoms with E-state index >= 15 is 0 Å². The Labute approximate surface area is 90.4 Å². The van der Waals surface area contributed by atoms with E-state index in [4.69, 9.17) is 5.11 Å². The van der Waals surface area contributed by atoms with Gasteiger partial charge in [-0.15, -0.1) is 0 Å². The van der Waals surface area contributed by atoms with Crippen molar-refractivity contribution in [3.63, 3.8) is 0 Å². The van der Waals surface area contributed by atoms with Crippen molar-refractivity contribution in [3.8, 4) is 0 Å².